The lowest BCUT2D eigenvalue weighted by atomic mass is 9.85. The van der Waals surface area contributed by atoms with Gasteiger partial charge in [0.15, 0.2) is 0 Å². The molecule has 1 amide bonds. The van der Waals surface area contributed by atoms with Gasteiger partial charge in [-0.15, -0.1) is 0 Å². The number of carbonyl (C=O) groups excluding carboxylic acids is 1. The van der Waals surface area contributed by atoms with Gasteiger partial charge in [-0.1, -0.05) is 15.9 Å². The molecule has 2 rings (SSSR count). The van der Waals surface area contributed by atoms with Gasteiger partial charge >= 0.3 is 0 Å². The van der Waals surface area contributed by atoms with Crippen LogP contribution in [-0.2, 0) is 4.79 Å². The first kappa shape index (κ1) is 7.59. The molecular weight excluding hydrogens is 206 g/mol. The molecule has 0 aromatic carbocycles. The summed E-state index contributed by atoms with van der Waals surface area (Å²) in [6.07, 6.45) is 4.30. The fourth-order valence-corrected chi connectivity index (χ4v) is 2.87. The van der Waals surface area contributed by atoms with Crippen molar-refractivity contribution < 1.29 is 4.79 Å². The molecule has 0 radical (unpaired) electrons. The highest BCUT2D eigenvalue weighted by Gasteiger charge is 2.36. The van der Waals surface area contributed by atoms with E-state index in [0.717, 1.165) is 12.8 Å². The third-order valence-electron chi connectivity index (χ3n) is 2.71. The average Bonchev–Trinajstić information content (AvgIpc) is 2.27. The summed E-state index contributed by atoms with van der Waals surface area (Å²) in [5, 5.41) is 3.02. The van der Waals surface area contributed by atoms with Crippen LogP contribution in [0.2, 0.25) is 0 Å². The topological polar surface area (TPSA) is 29.1 Å². The molecule has 0 aromatic rings. The summed E-state index contributed by atoms with van der Waals surface area (Å²) in [6, 6.07) is 0.497. The van der Waals surface area contributed by atoms with Crippen molar-refractivity contribution in [3.05, 3.63) is 0 Å². The molecule has 3 unspecified atom stereocenters. The zero-order valence-corrected chi connectivity index (χ0v) is 7.93. The molecule has 2 fully saturated rings. The first-order valence-corrected chi connectivity index (χ1v) is 5.10. The van der Waals surface area contributed by atoms with Crippen LogP contribution < -0.4 is 5.32 Å². The lowest BCUT2D eigenvalue weighted by Gasteiger charge is -2.27. The van der Waals surface area contributed by atoms with E-state index >= 15 is 0 Å². The molecule has 1 N–H and O–H groups in total. The van der Waals surface area contributed by atoms with Crippen molar-refractivity contribution in [2.45, 2.75) is 36.6 Å². The molecule has 1 saturated heterocycles. The van der Waals surface area contributed by atoms with E-state index < -0.39 is 0 Å². The quantitative estimate of drug-likeness (QED) is 0.612. The van der Waals surface area contributed by atoms with Gasteiger partial charge in [-0.3, -0.25) is 4.79 Å². The maximum atomic E-state index is 11.0. The minimum Gasteiger partial charge on any atom is -0.353 e. The molecule has 0 bridgehead atoms. The number of nitrogens with one attached hydrogen (secondary N) is 1. The summed E-state index contributed by atoms with van der Waals surface area (Å²) < 4.78 is 0. The summed E-state index contributed by atoms with van der Waals surface area (Å²) in [6.45, 7) is 0. The van der Waals surface area contributed by atoms with Crippen molar-refractivity contribution >= 4 is 21.8 Å². The highest BCUT2D eigenvalue weighted by molar-refractivity contribution is 9.09. The van der Waals surface area contributed by atoms with Gasteiger partial charge in [0.25, 0.3) is 0 Å². The Labute approximate surface area is 74.9 Å². The zero-order chi connectivity index (χ0) is 7.84. The van der Waals surface area contributed by atoms with Gasteiger partial charge in [0.1, 0.15) is 0 Å². The van der Waals surface area contributed by atoms with E-state index in [0.29, 0.717) is 16.8 Å². The smallest absolute Gasteiger partial charge is 0.220 e. The average molecular weight is 218 g/mol. The Morgan fingerprint density at radius 3 is 3.09 bits per heavy atom. The van der Waals surface area contributed by atoms with Crippen molar-refractivity contribution in [1.82, 2.24) is 5.32 Å². The van der Waals surface area contributed by atoms with Crippen molar-refractivity contribution in [1.29, 1.82) is 0 Å². The first-order chi connectivity index (χ1) is 5.25. The predicted molar refractivity (Wildman–Crippen MR) is 46.6 cm³/mol. The second kappa shape index (κ2) is 2.77. The summed E-state index contributed by atoms with van der Waals surface area (Å²) in [5.74, 6) is 0.863. The molecule has 0 spiro atoms. The lowest BCUT2D eigenvalue weighted by Crippen LogP contribution is -2.33. The summed E-state index contributed by atoms with van der Waals surface area (Å²) in [5.41, 5.74) is 0. The number of rotatable bonds is 0. The number of halogens is 1. The van der Waals surface area contributed by atoms with Gasteiger partial charge in [-0.2, -0.15) is 0 Å². The van der Waals surface area contributed by atoms with Crippen molar-refractivity contribution in [3.63, 3.8) is 0 Å². The van der Waals surface area contributed by atoms with E-state index in [1.807, 2.05) is 0 Å². The molecule has 3 atom stereocenters. The van der Waals surface area contributed by atoms with Crippen LogP contribution in [0.15, 0.2) is 0 Å². The molecule has 1 aliphatic carbocycles. The minimum absolute atomic E-state index is 0.251. The number of alkyl halides is 1. The largest absolute Gasteiger partial charge is 0.353 e. The molecule has 62 valence electrons. The van der Waals surface area contributed by atoms with Crippen LogP contribution in [0.1, 0.15) is 25.7 Å². The first-order valence-electron chi connectivity index (χ1n) is 4.19. The highest BCUT2D eigenvalue weighted by Crippen LogP contribution is 2.34. The summed E-state index contributed by atoms with van der Waals surface area (Å²) in [7, 11) is 0. The third-order valence-corrected chi connectivity index (χ3v) is 3.54. The van der Waals surface area contributed by atoms with E-state index in [2.05, 4.69) is 21.2 Å². The van der Waals surface area contributed by atoms with Gasteiger partial charge in [-0.25, -0.2) is 0 Å². The maximum absolute atomic E-state index is 11.0. The van der Waals surface area contributed by atoms with Crippen LogP contribution >= 0.6 is 15.9 Å². The highest BCUT2D eigenvalue weighted by atomic mass is 79.9. The Balaban J connectivity index is 2.02. The minimum atomic E-state index is 0.251. The SMILES string of the molecule is O=C1CC2CC(Br)CCC2N1. The molecular formula is C8H12BrNO. The molecule has 11 heavy (non-hydrogen) atoms. The Hall–Kier alpha value is -0.0500. The number of carbonyl (C=O) groups is 1. The molecule has 3 heteroatoms. The fourth-order valence-electron chi connectivity index (χ4n) is 2.13. The fraction of sp³-hybridized carbons (Fsp3) is 0.875. The Bertz CT molecular complexity index is 183. The van der Waals surface area contributed by atoms with Crippen LogP contribution in [0.5, 0.6) is 0 Å². The standard InChI is InChI=1S/C8H12BrNO/c9-6-1-2-7-5(3-6)4-8(11)10-7/h5-7H,1-4H2,(H,10,11). The summed E-state index contributed by atoms with van der Waals surface area (Å²) in [4.78, 5) is 11.6. The second-order valence-corrected chi connectivity index (χ2v) is 4.84. The van der Waals surface area contributed by atoms with Gasteiger partial charge < -0.3 is 5.32 Å². The molecule has 1 saturated carbocycles. The number of fused-ring (bicyclic) bond motifs is 1. The Morgan fingerprint density at radius 2 is 2.27 bits per heavy atom. The van der Waals surface area contributed by atoms with Crippen molar-refractivity contribution in [2.75, 3.05) is 0 Å². The molecule has 1 heterocycles. The number of hydrogen-bond donors (Lipinski definition) is 1. The third kappa shape index (κ3) is 1.43. The van der Waals surface area contributed by atoms with Gasteiger partial charge in [0, 0.05) is 17.3 Å². The summed E-state index contributed by atoms with van der Waals surface area (Å²) >= 11 is 3.61. The van der Waals surface area contributed by atoms with Crippen LogP contribution in [0.4, 0.5) is 0 Å². The second-order valence-electron chi connectivity index (χ2n) is 3.55. The van der Waals surface area contributed by atoms with Crippen LogP contribution in [0.25, 0.3) is 0 Å². The van der Waals surface area contributed by atoms with Crippen LogP contribution in [0.3, 0.4) is 0 Å². The van der Waals surface area contributed by atoms with Crippen molar-refractivity contribution in [3.8, 4) is 0 Å². The lowest BCUT2D eigenvalue weighted by molar-refractivity contribution is -0.119. The molecule has 2 aliphatic rings. The Kier molecular flexibility index (Phi) is 1.91. The molecule has 1 aliphatic heterocycles. The van der Waals surface area contributed by atoms with E-state index in [9.17, 15) is 4.79 Å². The molecule has 2 nitrogen and oxygen atoms in total. The Morgan fingerprint density at radius 1 is 1.45 bits per heavy atom. The van der Waals surface area contributed by atoms with Crippen LogP contribution in [-0.4, -0.2) is 16.8 Å². The van der Waals surface area contributed by atoms with Gasteiger partial charge in [0.2, 0.25) is 5.91 Å². The van der Waals surface area contributed by atoms with Gasteiger partial charge in [0.05, 0.1) is 0 Å². The van der Waals surface area contributed by atoms with Crippen LogP contribution in [0, 0.1) is 5.92 Å². The van der Waals surface area contributed by atoms with E-state index in [1.165, 1.54) is 12.8 Å². The predicted octanol–water partition coefficient (Wildman–Crippen LogP) is 1.44. The number of amides is 1. The molecule has 0 aromatic heterocycles. The van der Waals surface area contributed by atoms with E-state index in [1.54, 1.807) is 0 Å². The van der Waals surface area contributed by atoms with Gasteiger partial charge in [-0.05, 0) is 25.2 Å². The van der Waals surface area contributed by atoms with E-state index in [-0.39, 0.29) is 5.91 Å². The van der Waals surface area contributed by atoms with Crippen molar-refractivity contribution in [2.24, 2.45) is 5.92 Å². The normalized spacial score (nSPS) is 43.4. The maximum Gasteiger partial charge on any atom is 0.220 e. The zero-order valence-electron chi connectivity index (χ0n) is 6.35. The number of hydrogen-bond acceptors (Lipinski definition) is 1. The van der Waals surface area contributed by atoms with E-state index in [4.69, 9.17) is 0 Å². The monoisotopic (exact) mass is 217 g/mol.